The highest BCUT2D eigenvalue weighted by Crippen LogP contribution is 2.24. The number of nitrogens with one attached hydrogen (secondary N) is 1. The Morgan fingerprint density at radius 3 is 2.89 bits per heavy atom. The highest BCUT2D eigenvalue weighted by molar-refractivity contribution is 7.99. The molecule has 4 rings (SSSR count). The van der Waals surface area contributed by atoms with Crippen molar-refractivity contribution in [3.05, 3.63) is 54.4 Å². The number of aromatic nitrogens is 4. The minimum absolute atomic E-state index is 0.131. The van der Waals surface area contributed by atoms with Crippen molar-refractivity contribution in [1.82, 2.24) is 19.6 Å². The number of carbonyl (C=O) groups excluding carboxylic acids is 1. The molecule has 0 aliphatic heterocycles. The molecule has 8 heteroatoms. The van der Waals surface area contributed by atoms with Crippen LogP contribution >= 0.6 is 11.8 Å². The number of anilines is 1. The molecule has 0 saturated heterocycles. The fraction of sp³-hybridized carbons (Fsp3) is 0.158. The van der Waals surface area contributed by atoms with Crippen molar-refractivity contribution in [2.24, 2.45) is 0 Å². The lowest BCUT2D eigenvalue weighted by Crippen LogP contribution is -2.14. The molecular weight excluding hydrogens is 362 g/mol. The fourth-order valence-electron chi connectivity index (χ4n) is 2.75. The molecule has 0 fully saturated rings. The van der Waals surface area contributed by atoms with Crippen LogP contribution in [0.1, 0.15) is 5.82 Å². The van der Waals surface area contributed by atoms with Gasteiger partial charge in [0.2, 0.25) is 5.91 Å². The summed E-state index contributed by atoms with van der Waals surface area (Å²) < 4.78 is 6.87. The summed E-state index contributed by atoms with van der Waals surface area (Å²) in [6.45, 7) is 1.84. The number of aryl methyl sites for hydroxylation is 1. The molecule has 4 aromatic rings. The van der Waals surface area contributed by atoms with E-state index in [2.05, 4.69) is 20.4 Å². The second-order valence-electron chi connectivity index (χ2n) is 5.87. The van der Waals surface area contributed by atoms with Crippen LogP contribution in [-0.2, 0) is 4.79 Å². The van der Waals surface area contributed by atoms with Crippen molar-refractivity contribution in [3.8, 4) is 5.75 Å². The van der Waals surface area contributed by atoms with E-state index < -0.39 is 0 Å². The van der Waals surface area contributed by atoms with Crippen LogP contribution in [0.5, 0.6) is 5.75 Å². The van der Waals surface area contributed by atoms with Crippen LogP contribution in [0.4, 0.5) is 5.69 Å². The summed E-state index contributed by atoms with van der Waals surface area (Å²) in [5, 5.41) is 8.85. The van der Waals surface area contributed by atoms with E-state index in [1.807, 2.05) is 49.4 Å². The maximum absolute atomic E-state index is 12.3. The predicted octanol–water partition coefficient (Wildman–Crippen LogP) is 3.33. The fourth-order valence-corrected chi connectivity index (χ4v) is 3.50. The lowest BCUT2D eigenvalue weighted by Gasteiger charge is -2.08. The van der Waals surface area contributed by atoms with Gasteiger partial charge in [-0.25, -0.2) is 9.97 Å². The summed E-state index contributed by atoms with van der Waals surface area (Å²) in [6, 6.07) is 15.0. The van der Waals surface area contributed by atoms with Gasteiger partial charge in [0.05, 0.1) is 18.4 Å². The van der Waals surface area contributed by atoms with Gasteiger partial charge in [-0.05, 0) is 31.2 Å². The van der Waals surface area contributed by atoms with Gasteiger partial charge in [-0.3, -0.25) is 4.79 Å². The molecule has 0 spiro atoms. The molecule has 0 atom stereocenters. The average molecular weight is 379 g/mol. The molecule has 0 radical (unpaired) electrons. The Morgan fingerprint density at radius 1 is 1.19 bits per heavy atom. The van der Waals surface area contributed by atoms with E-state index >= 15 is 0 Å². The minimum Gasteiger partial charge on any atom is -0.497 e. The molecular formula is C19H17N5O2S. The second kappa shape index (κ2) is 7.24. The smallest absolute Gasteiger partial charge is 0.234 e. The van der Waals surface area contributed by atoms with Crippen LogP contribution < -0.4 is 10.1 Å². The van der Waals surface area contributed by atoms with Crippen molar-refractivity contribution in [1.29, 1.82) is 0 Å². The highest BCUT2D eigenvalue weighted by atomic mass is 32.2. The first kappa shape index (κ1) is 17.3. The normalized spacial score (nSPS) is 11.0. The average Bonchev–Trinajstić information content (AvgIpc) is 3.08. The predicted molar refractivity (Wildman–Crippen MR) is 105 cm³/mol. The van der Waals surface area contributed by atoms with Crippen molar-refractivity contribution >= 4 is 39.9 Å². The summed E-state index contributed by atoms with van der Waals surface area (Å²) in [5.74, 6) is 1.43. The highest BCUT2D eigenvalue weighted by Gasteiger charge is 2.14. The van der Waals surface area contributed by atoms with Gasteiger partial charge < -0.3 is 10.1 Å². The van der Waals surface area contributed by atoms with Gasteiger partial charge in [0.15, 0.2) is 10.8 Å². The third-order valence-corrected chi connectivity index (χ3v) is 4.87. The lowest BCUT2D eigenvalue weighted by molar-refractivity contribution is -0.113. The zero-order valence-electron chi connectivity index (χ0n) is 14.8. The van der Waals surface area contributed by atoms with Crippen molar-refractivity contribution in [2.45, 2.75) is 12.1 Å². The molecule has 0 aliphatic carbocycles. The molecule has 2 aromatic carbocycles. The van der Waals surface area contributed by atoms with E-state index in [-0.39, 0.29) is 11.7 Å². The molecule has 0 aliphatic rings. The summed E-state index contributed by atoms with van der Waals surface area (Å²) in [7, 11) is 1.59. The Bertz CT molecular complexity index is 1140. The Balaban J connectivity index is 1.56. The number of carbonyl (C=O) groups is 1. The van der Waals surface area contributed by atoms with Crippen molar-refractivity contribution < 1.29 is 9.53 Å². The van der Waals surface area contributed by atoms with E-state index in [0.717, 1.165) is 16.6 Å². The Hall–Kier alpha value is -3.13. The van der Waals surface area contributed by atoms with E-state index in [1.165, 1.54) is 11.8 Å². The van der Waals surface area contributed by atoms with Crippen LogP contribution in [0.2, 0.25) is 0 Å². The van der Waals surface area contributed by atoms with E-state index in [0.29, 0.717) is 22.4 Å². The van der Waals surface area contributed by atoms with Crippen LogP contribution in [-0.4, -0.2) is 38.4 Å². The molecule has 0 bridgehead atoms. The molecule has 7 nitrogen and oxygen atoms in total. The number of hydrogen-bond donors (Lipinski definition) is 1. The number of benzene rings is 2. The first-order valence-corrected chi connectivity index (χ1v) is 9.31. The minimum atomic E-state index is -0.131. The van der Waals surface area contributed by atoms with E-state index in [1.54, 1.807) is 17.7 Å². The van der Waals surface area contributed by atoms with Gasteiger partial charge in [0.25, 0.3) is 0 Å². The SMILES string of the molecule is COc1cccc(NC(=O)CSc2nc3ccccc3c3nc(C)nn23)c1. The molecule has 0 saturated carbocycles. The number of hydrogen-bond acceptors (Lipinski definition) is 6. The van der Waals surface area contributed by atoms with Gasteiger partial charge in [-0.1, -0.05) is 30.0 Å². The lowest BCUT2D eigenvalue weighted by atomic mass is 10.2. The molecule has 1 amide bonds. The Labute approximate surface area is 159 Å². The van der Waals surface area contributed by atoms with E-state index in [9.17, 15) is 4.79 Å². The Kier molecular flexibility index (Phi) is 4.64. The first-order chi connectivity index (χ1) is 13.1. The van der Waals surface area contributed by atoms with Crippen LogP contribution in [0, 0.1) is 6.92 Å². The van der Waals surface area contributed by atoms with E-state index in [4.69, 9.17) is 4.74 Å². The third-order valence-electron chi connectivity index (χ3n) is 3.94. The van der Waals surface area contributed by atoms with Crippen molar-refractivity contribution in [2.75, 3.05) is 18.2 Å². The number of fused-ring (bicyclic) bond motifs is 3. The quantitative estimate of drug-likeness (QED) is 0.423. The number of thioether (sulfide) groups is 1. The largest absolute Gasteiger partial charge is 0.497 e. The van der Waals surface area contributed by atoms with Crippen LogP contribution in [0.3, 0.4) is 0 Å². The van der Waals surface area contributed by atoms with Crippen LogP contribution in [0.25, 0.3) is 16.6 Å². The summed E-state index contributed by atoms with van der Waals surface area (Å²) in [6.07, 6.45) is 0. The number of methoxy groups -OCH3 is 1. The van der Waals surface area contributed by atoms with Gasteiger partial charge in [0, 0.05) is 17.1 Å². The van der Waals surface area contributed by atoms with Crippen molar-refractivity contribution in [3.63, 3.8) is 0 Å². The number of ether oxygens (including phenoxy) is 1. The summed E-state index contributed by atoms with van der Waals surface area (Å²) in [4.78, 5) is 21.5. The standard InChI is InChI=1S/C19H17N5O2S/c1-12-20-18-15-8-3-4-9-16(15)22-19(24(18)23-12)27-11-17(25)21-13-6-5-7-14(10-13)26-2/h3-10H,11H2,1-2H3,(H,21,25). The second-order valence-corrected chi connectivity index (χ2v) is 6.82. The molecule has 136 valence electrons. The van der Waals surface area contributed by atoms with Gasteiger partial charge in [-0.2, -0.15) is 4.52 Å². The van der Waals surface area contributed by atoms with Gasteiger partial charge in [-0.15, -0.1) is 5.10 Å². The molecule has 27 heavy (non-hydrogen) atoms. The summed E-state index contributed by atoms with van der Waals surface area (Å²) in [5.41, 5.74) is 2.26. The number of nitrogens with zero attached hydrogens (tertiary/aromatic N) is 4. The Morgan fingerprint density at radius 2 is 2.04 bits per heavy atom. The topological polar surface area (TPSA) is 81.4 Å². The zero-order valence-corrected chi connectivity index (χ0v) is 15.7. The van der Waals surface area contributed by atoms with Gasteiger partial charge >= 0.3 is 0 Å². The summed E-state index contributed by atoms with van der Waals surface area (Å²) >= 11 is 1.32. The molecule has 2 aromatic heterocycles. The molecule has 1 N–H and O–H groups in total. The number of amides is 1. The maximum atomic E-state index is 12.3. The molecule has 2 heterocycles. The number of rotatable bonds is 5. The zero-order chi connectivity index (χ0) is 18.8. The first-order valence-electron chi connectivity index (χ1n) is 8.33. The third kappa shape index (κ3) is 3.56. The number of para-hydroxylation sites is 1. The molecule has 0 unspecified atom stereocenters. The maximum Gasteiger partial charge on any atom is 0.234 e. The van der Waals surface area contributed by atoms with Gasteiger partial charge in [0.1, 0.15) is 11.6 Å². The van der Waals surface area contributed by atoms with Crippen LogP contribution in [0.15, 0.2) is 53.7 Å². The monoisotopic (exact) mass is 379 g/mol.